The fourth-order valence-corrected chi connectivity index (χ4v) is 3.09. The van der Waals surface area contributed by atoms with Crippen LogP contribution >= 0.6 is 23.2 Å². The summed E-state index contributed by atoms with van der Waals surface area (Å²) in [5, 5.41) is 9.93. The average Bonchev–Trinajstić information content (AvgIpc) is 2.67. The van der Waals surface area contributed by atoms with Gasteiger partial charge in [-0.3, -0.25) is 4.79 Å². The fraction of sp³-hybridized carbons (Fsp3) is 0.0870. The first kappa shape index (κ1) is 19.8. The lowest BCUT2D eigenvalue weighted by Crippen LogP contribution is -1.99. The van der Waals surface area contributed by atoms with Gasteiger partial charge < -0.3 is 9.84 Å². The van der Waals surface area contributed by atoms with Crippen LogP contribution in [0.25, 0.3) is 11.1 Å². The molecule has 140 valence electrons. The van der Waals surface area contributed by atoms with E-state index < -0.39 is 5.97 Å². The Balaban J connectivity index is 1.64. The van der Waals surface area contributed by atoms with Crippen molar-refractivity contribution in [1.82, 2.24) is 0 Å². The second-order valence-electron chi connectivity index (χ2n) is 6.01. The molecule has 3 nitrogen and oxygen atoms in total. The zero-order valence-electron chi connectivity index (χ0n) is 14.8. The van der Waals surface area contributed by atoms with Gasteiger partial charge >= 0.3 is 5.97 Å². The Kier molecular flexibility index (Phi) is 6.60. The van der Waals surface area contributed by atoms with Gasteiger partial charge in [-0.15, -0.1) is 0 Å². The molecule has 5 heteroatoms. The van der Waals surface area contributed by atoms with Crippen LogP contribution in [0.4, 0.5) is 0 Å². The van der Waals surface area contributed by atoms with Gasteiger partial charge in [-0.25, -0.2) is 0 Å². The number of benzene rings is 3. The van der Waals surface area contributed by atoms with Gasteiger partial charge in [0.2, 0.25) is 0 Å². The van der Waals surface area contributed by atoms with Gasteiger partial charge in [0.15, 0.2) is 0 Å². The molecule has 0 heterocycles. The number of carboxylic acid groups (broad SMARTS) is 1. The predicted octanol–water partition coefficient (Wildman–Crippen LogP) is 5.72. The largest absolute Gasteiger partial charge is 0.481 e. The van der Waals surface area contributed by atoms with Crippen molar-refractivity contribution in [2.75, 3.05) is 6.61 Å². The average molecular weight is 411 g/mol. The molecule has 3 rings (SSSR count). The van der Waals surface area contributed by atoms with Crippen molar-refractivity contribution >= 4 is 29.2 Å². The summed E-state index contributed by atoms with van der Waals surface area (Å²) in [4.78, 5) is 10.9. The molecule has 0 unspecified atom stereocenters. The monoisotopic (exact) mass is 410 g/mol. The summed E-state index contributed by atoms with van der Waals surface area (Å²) in [5.41, 5.74) is 3.60. The van der Waals surface area contributed by atoms with Crippen molar-refractivity contribution in [1.29, 1.82) is 0 Å². The molecule has 0 spiro atoms. The maximum Gasteiger partial charge on any atom is 0.307 e. The van der Waals surface area contributed by atoms with Crippen molar-refractivity contribution in [3.63, 3.8) is 0 Å². The van der Waals surface area contributed by atoms with Crippen LogP contribution in [0, 0.1) is 11.8 Å². The van der Waals surface area contributed by atoms with Crippen molar-refractivity contribution < 1.29 is 14.6 Å². The number of aliphatic carboxylic acids is 1. The van der Waals surface area contributed by atoms with Crippen LogP contribution in [0.2, 0.25) is 10.0 Å². The van der Waals surface area contributed by atoms with Gasteiger partial charge in [-0.05, 0) is 47.0 Å². The first-order chi connectivity index (χ1) is 13.5. The molecule has 0 saturated carbocycles. The molecule has 0 aliphatic heterocycles. The van der Waals surface area contributed by atoms with Crippen molar-refractivity contribution in [2.45, 2.75) is 6.42 Å². The topological polar surface area (TPSA) is 46.5 Å². The predicted molar refractivity (Wildman–Crippen MR) is 112 cm³/mol. The highest BCUT2D eigenvalue weighted by Crippen LogP contribution is 2.27. The number of carbonyl (C=O) groups is 1. The minimum absolute atomic E-state index is 0.00896. The molecule has 3 aromatic carbocycles. The normalized spacial score (nSPS) is 10.1. The van der Waals surface area contributed by atoms with Gasteiger partial charge in [-0.1, -0.05) is 71.4 Å². The molecule has 0 amide bonds. The summed E-state index contributed by atoms with van der Waals surface area (Å²) in [5.74, 6) is 5.69. The van der Waals surface area contributed by atoms with Crippen LogP contribution in [-0.2, 0) is 11.2 Å². The van der Waals surface area contributed by atoms with Gasteiger partial charge in [0.25, 0.3) is 0 Å². The summed E-state index contributed by atoms with van der Waals surface area (Å²) in [7, 11) is 0. The first-order valence-corrected chi connectivity index (χ1v) is 9.25. The Morgan fingerprint density at radius 2 is 1.75 bits per heavy atom. The highest BCUT2D eigenvalue weighted by molar-refractivity contribution is 6.35. The first-order valence-electron chi connectivity index (χ1n) is 8.49. The van der Waals surface area contributed by atoms with Crippen LogP contribution in [0.3, 0.4) is 0 Å². The smallest absolute Gasteiger partial charge is 0.307 e. The summed E-state index contributed by atoms with van der Waals surface area (Å²) >= 11 is 11.9. The Labute approximate surface area is 173 Å². The second kappa shape index (κ2) is 9.32. The van der Waals surface area contributed by atoms with E-state index in [2.05, 4.69) is 11.8 Å². The molecule has 0 saturated heterocycles. The Hall–Kier alpha value is -2.93. The van der Waals surface area contributed by atoms with E-state index in [1.807, 2.05) is 48.5 Å². The lowest BCUT2D eigenvalue weighted by Gasteiger charge is -2.05. The van der Waals surface area contributed by atoms with E-state index in [0.717, 1.165) is 22.3 Å². The lowest BCUT2D eigenvalue weighted by atomic mass is 10.0. The Bertz CT molecular complexity index is 1050. The Morgan fingerprint density at radius 1 is 0.964 bits per heavy atom. The van der Waals surface area contributed by atoms with E-state index in [1.54, 1.807) is 18.2 Å². The minimum atomic E-state index is -0.843. The van der Waals surface area contributed by atoms with Gasteiger partial charge in [0, 0.05) is 10.6 Å². The van der Waals surface area contributed by atoms with Crippen LogP contribution < -0.4 is 4.74 Å². The second-order valence-corrected chi connectivity index (χ2v) is 6.86. The van der Waals surface area contributed by atoms with E-state index >= 15 is 0 Å². The highest BCUT2D eigenvalue weighted by atomic mass is 35.5. The molecule has 28 heavy (non-hydrogen) atoms. The number of hydrogen-bond acceptors (Lipinski definition) is 2. The zero-order valence-corrected chi connectivity index (χ0v) is 16.3. The lowest BCUT2D eigenvalue weighted by molar-refractivity contribution is -0.136. The molecular weight excluding hydrogens is 395 g/mol. The maximum atomic E-state index is 10.9. The van der Waals surface area contributed by atoms with E-state index in [1.165, 1.54) is 0 Å². The van der Waals surface area contributed by atoms with Crippen molar-refractivity contribution in [2.24, 2.45) is 0 Å². The van der Waals surface area contributed by atoms with Crippen LogP contribution in [0.15, 0.2) is 66.7 Å². The standard InChI is InChI=1S/C23H16Cl2O3/c24-20-10-11-22(21(25)15-20)28-12-2-4-16-6-8-18(9-7-16)19-5-1-3-17(13-19)14-23(26)27/h1,3,5-11,13,15H,12,14H2,(H,26,27). The molecule has 3 aromatic rings. The van der Waals surface area contributed by atoms with Gasteiger partial charge in [0.1, 0.15) is 12.4 Å². The third-order valence-electron chi connectivity index (χ3n) is 3.93. The third-order valence-corrected chi connectivity index (χ3v) is 4.46. The number of halogens is 2. The minimum Gasteiger partial charge on any atom is -0.481 e. The highest BCUT2D eigenvalue weighted by Gasteiger charge is 2.03. The molecular formula is C23H16Cl2O3. The summed E-state index contributed by atoms with van der Waals surface area (Å²) in [6.07, 6.45) is 0.00896. The van der Waals surface area contributed by atoms with Crippen LogP contribution in [0.5, 0.6) is 5.75 Å². The maximum absolute atomic E-state index is 10.9. The number of rotatable bonds is 5. The van der Waals surface area contributed by atoms with E-state index in [0.29, 0.717) is 15.8 Å². The molecule has 0 aliphatic rings. The number of carboxylic acids is 1. The molecule has 0 fully saturated rings. The van der Waals surface area contributed by atoms with E-state index in [4.69, 9.17) is 33.0 Å². The quantitative estimate of drug-likeness (QED) is 0.547. The molecule has 0 bridgehead atoms. The molecule has 1 N–H and O–H groups in total. The molecule has 0 atom stereocenters. The summed E-state index contributed by atoms with van der Waals surface area (Å²) in [6.45, 7) is 0.209. The molecule has 0 aliphatic carbocycles. The number of ether oxygens (including phenoxy) is 1. The molecule has 0 radical (unpaired) electrons. The fourth-order valence-electron chi connectivity index (χ4n) is 2.63. The SMILES string of the molecule is O=C(O)Cc1cccc(-c2ccc(C#CCOc3ccc(Cl)cc3Cl)cc2)c1. The molecule has 0 aromatic heterocycles. The van der Waals surface area contributed by atoms with Crippen LogP contribution in [0.1, 0.15) is 11.1 Å². The summed E-state index contributed by atoms with van der Waals surface area (Å²) in [6, 6.07) is 20.3. The van der Waals surface area contributed by atoms with Crippen molar-refractivity contribution in [3.8, 4) is 28.7 Å². The number of hydrogen-bond donors (Lipinski definition) is 1. The van der Waals surface area contributed by atoms with Crippen molar-refractivity contribution in [3.05, 3.63) is 87.9 Å². The van der Waals surface area contributed by atoms with E-state index in [-0.39, 0.29) is 13.0 Å². The van der Waals surface area contributed by atoms with Gasteiger partial charge in [0.05, 0.1) is 11.4 Å². The van der Waals surface area contributed by atoms with E-state index in [9.17, 15) is 4.79 Å². The van der Waals surface area contributed by atoms with Gasteiger partial charge in [-0.2, -0.15) is 0 Å². The Morgan fingerprint density at radius 3 is 2.46 bits per heavy atom. The third kappa shape index (κ3) is 5.53. The van der Waals surface area contributed by atoms with Crippen LogP contribution in [-0.4, -0.2) is 17.7 Å². The zero-order chi connectivity index (χ0) is 19.9. The summed E-state index contributed by atoms with van der Waals surface area (Å²) < 4.78 is 5.54.